The number of carbonyl (C=O) groups excluding carboxylic acids is 3. The molecule has 8 nitrogen and oxygen atoms in total. The average molecular weight is 562 g/mol. The van der Waals surface area contributed by atoms with Gasteiger partial charge < -0.3 is 24.5 Å². The van der Waals surface area contributed by atoms with Crippen LogP contribution in [-0.2, 0) is 25.7 Å². The van der Waals surface area contributed by atoms with Gasteiger partial charge in [-0.15, -0.1) is 0 Å². The summed E-state index contributed by atoms with van der Waals surface area (Å²) in [5, 5.41) is 9.19. The third-order valence-corrected chi connectivity index (χ3v) is 9.81. The minimum Gasteiger partial charge on any atom is -0.396 e. The van der Waals surface area contributed by atoms with Crippen molar-refractivity contribution < 1.29 is 24.2 Å². The van der Waals surface area contributed by atoms with Crippen molar-refractivity contribution in [2.75, 3.05) is 26.2 Å². The molecule has 4 aliphatic heterocycles. The fraction of sp³-hybridized carbons (Fsp3) is 0.606. The number of fused-ring (bicyclic) bond motifs is 2. The number of rotatable bonds is 9. The zero-order valence-electron chi connectivity index (χ0n) is 23.9. The fourth-order valence-electron chi connectivity index (χ4n) is 7.86. The molecule has 1 aromatic rings. The highest BCUT2D eigenvalue weighted by molar-refractivity contribution is 5.99. The van der Waals surface area contributed by atoms with Gasteiger partial charge in [-0.05, 0) is 31.2 Å². The van der Waals surface area contributed by atoms with Crippen molar-refractivity contribution in [3.05, 3.63) is 60.2 Å². The molecule has 41 heavy (non-hydrogen) atoms. The largest absolute Gasteiger partial charge is 0.396 e. The average Bonchev–Trinajstić information content (AvgIpc) is 3.30. The number of unbranched alkanes of at least 4 members (excludes halogenated alkanes) is 3. The molecular formula is C33H43N3O5. The van der Waals surface area contributed by atoms with E-state index in [9.17, 15) is 19.5 Å². The van der Waals surface area contributed by atoms with Gasteiger partial charge in [0.1, 0.15) is 11.6 Å². The molecule has 1 spiro atoms. The summed E-state index contributed by atoms with van der Waals surface area (Å²) in [5.74, 6) is -1.68. The summed E-state index contributed by atoms with van der Waals surface area (Å²) in [6.45, 7) is 2.03. The van der Waals surface area contributed by atoms with Gasteiger partial charge in [0.2, 0.25) is 17.7 Å². The van der Waals surface area contributed by atoms with Crippen LogP contribution in [-0.4, -0.2) is 87.6 Å². The van der Waals surface area contributed by atoms with Crippen molar-refractivity contribution in [3.8, 4) is 0 Å². The van der Waals surface area contributed by atoms with Crippen LogP contribution in [0.5, 0.6) is 0 Å². The molecule has 1 aliphatic carbocycles. The normalized spacial score (nSPS) is 31.7. The smallest absolute Gasteiger partial charge is 0.249 e. The van der Waals surface area contributed by atoms with Crippen LogP contribution in [0, 0.1) is 11.8 Å². The molecule has 0 bridgehead atoms. The Morgan fingerprint density at radius 3 is 2.44 bits per heavy atom. The van der Waals surface area contributed by atoms with E-state index in [-0.39, 0.29) is 30.4 Å². The number of aliphatic hydroxyl groups excluding tert-OH is 1. The van der Waals surface area contributed by atoms with Crippen molar-refractivity contribution in [2.24, 2.45) is 11.8 Å². The lowest BCUT2D eigenvalue weighted by Gasteiger charge is -2.39. The molecular weight excluding hydrogens is 518 g/mol. The van der Waals surface area contributed by atoms with E-state index in [1.807, 2.05) is 64.4 Å². The van der Waals surface area contributed by atoms with Gasteiger partial charge >= 0.3 is 0 Å². The van der Waals surface area contributed by atoms with Crippen LogP contribution in [0.15, 0.2) is 54.6 Å². The predicted octanol–water partition coefficient (Wildman–Crippen LogP) is 3.45. The Kier molecular flexibility index (Phi) is 8.31. The number of hydrogen-bond acceptors (Lipinski definition) is 5. The summed E-state index contributed by atoms with van der Waals surface area (Å²) >= 11 is 0. The Morgan fingerprint density at radius 2 is 1.66 bits per heavy atom. The van der Waals surface area contributed by atoms with Gasteiger partial charge in [-0.3, -0.25) is 14.4 Å². The summed E-state index contributed by atoms with van der Waals surface area (Å²) in [7, 11) is 0. The van der Waals surface area contributed by atoms with E-state index in [0.29, 0.717) is 26.2 Å². The van der Waals surface area contributed by atoms with Gasteiger partial charge in [0.15, 0.2) is 0 Å². The zero-order chi connectivity index (χ0) is 28.4. The number of carbonyl (C=O) groups is 3. The van der Waals surface area contributed by atoms with Gasteiger partial charge in [-0.1, -0.05) is 86.7 Å². The Hall–Kier alpha value is -2.97. The molecule has 5 aliphatic rings. The number of amides is 3. The lowest BCUT2D eigenvalue weighted by molar-refractivity contribution is -0.150. The lowest BCUT2D eigenvalue weighted by Crippen LogP contribution is -2.57. The number of aliphatic hydroxyl groups is 1. The Balaban J connectivity index is 1.33. The zero-order valence-corrected chi connectivity index (χ0v) is 23.9. The maximum absolute atomic E-state index is 14.5. The first-order chi connectivity index (χ1) is 20.0. The van der Waals surface area contributed by atoms with Gasteiger partial charge in [-0.2, -0.15) is 0 Å². The Bertz CT molecular complexity index is 1180. The maximum Gasteiger partial charge on any atom is 0.249 e. The SMILES string of the molecule is O=C1[C@@H]2[C@H](C=CCN1Cc1ccccc1)O[C@]13C=CCN(C4CCCCC4)C(=O)C1N(CCCCCCO)C(=O)[C@H]23. The molecule has 1 saturated carbocycles. The molecule has 1 N–H and O–H groups in total. The fourth-order valence-corrected chi connectivity index (χ4v) is 7.86. The van der Waals surface area contributed by atoms with E-state index >= 15 is 0 Å². The van der Waals surface area contributed by atoms with Crippen LogP contribution < -0.4 is 0 Å². The first-order valence-electron chi connectivity index (χ1n) is 15.6. The molecule has 0 aromatic heterocycles. The van der Waals surface area contributed by atoms with Crippen molar-refractivity contribution in [2.45, 2.75) is 88.1 Å². The molecule has 3 amide bonds. The van der Waals surface area contributed by atoms with E-state index in [2.05, 4.69) is 0 Å². The first-order valence-corrected chi connectivity index (χ1v) is 15.6. The monoisotopic (exact) mass is 561 g/mol. The Morgan fingerprint density at radius 1 is 0.878 bits per heavy atom. The van der Waals surface area contributed by atoms with E-state index in [1.54, 1.807) is 4.90 Å². The number of hydrogen-bond donors (Lipinski definition) is 1. The third kappa shape index (κ3) is 5.14. The summed E-state index contributed by atoms with van der Waals surface area (Å²) in [6, 6.07) is 9.31. The molecule has 3 fully saturated rings. The van der Waals surface area contributed by atoms with Crippen LogP contribution in [0.4, 0.5) is 0 Å². The lowest BCUT2D eigenvalue weighted by atomic mass is 9.77. The number of nitrogens with zero attached hydrogens (tertiary/aromatic N) is 3. The summed E-state index contributed by atoms with van der Waals surface area (Å²) in [5.41, 5.74) is -0.123. The maximum atomic E-state index is 14.5. The second kappa shape index (κ2) is 12.1. The summed E-state index contributed by atoms with van der Waals surface area (Å²) in [6.07, 6.45) is 15.9. The highest BCUT2D eigenvalue weighted by Crippen LogP contribution is 2.53. The molecule has 1 unspecified atom stereocenters. The van der Waals surface area contributed by atoms with Crippen molar-refractivity contribution in [1.29, 1.82) is 0 Å². The van der Waals surface area contributed by atoms with Crippen LogP contribution >= 0.6 is 0 Å². The molecule has 2 saturated heterocycles. The van der Waals surface area contributed by atoms with E-state index in [1.165, 1.54) is 6.42 Å². The van der Waals surface area contributed by atoms with E-state index in [4.69, 9.17) is 4.74 Å². The minimum atomic E-state index is -1.16. The quantitative estimate of drug-likeness (QED) is 0.369. The van der Waals surface area contributed by atoms with Crippen molar-refractivity contribution >= 4 is 17.7 Å². The van der Waals surface area contributed by atoms with Crippen LogP contribution in [0.1, 0.15) is 63.4 Å². The second-order valence-corrected chi connectivity index (χ2v) is 12.3. The second-order valence-electron chi connectivity index (χ2n) is 12.3. The highest BCUT2D eigenvalue weighted by atomic mass is 16.5. The summed E-state index contributed by atoms with van der Waals surface area (Å²) < 4.78 is 6.80. The van der Waals surface area contributed by atoms with E-state index < -0.39 is 29.6 Å². The van der Waals surface area contributed by atoms with Crippen LogP contribution in [0.3, 0.4) is 0 Å². The van der Waals surface area contributed by atoms with Crippen molar-refractivity contribution in [1.82, 2.24) is 14.7 Å². The third-order valence-electron chi connectivity index (χ3n) is 9.81. The van der Waals surface area contributed by atoms with Gasteiger partial charge in [0.25, 0.3) is 0 Å². The van der Waals surface area contributed by atoms with Crippen molar-refractivity contribution in [3.63, 3.8) is 0 Å². The van der Waals surface area contributed by atoms with Crippen LogP contribution in [0.2, 0.25) is 0 Å². The molecule has 6 rings (SSSR count). The molecule has 0 radical (unpaired) electrons. The number of ether oxygens (including phenoxy) is 1. The molecule has 8 heteroatoms. The number of likely N-dealkylation sites (tertiary alicyclic amines) is 1. The summed E-state index contributed by atoms with van der Waals surface area (Å²) in [4.78, 5) is 48.6. The first kappa shape index (κ1) is 28.2. The molecule has 4 heterocycles. The topological polar surface area (TPSA) is 90.4 Å². The molecule has 1 aromatic carbocycles. The number of benzene rings is 1. The van der Waals surface area contributed by atoms with Gasteiger partial charge in [0, 0.05) is 38.8 Å². The predicted molar refractivity (Wildman–Crippen MR) is 154 cm³/mol. The van der Waals surface area contributed by atoms with Gasteiger partial charge in [-0.25, -0.2) is 0 Å². The molecule has 220 valence electrons. The standard InChI is InChI=1S/C33H43N3O5/c37-22-10-2-1-9-20-36-29-32(40)35(25-15-7-4-8-16-25)21-12-18-33(29)28(31(36)39)27-26(41-33)17-11-19-34(30(27)38)23-24-13-5-3-6-14-24/h3,5-6,11-14,17-18,25-29,37H,1-2,4,7-10,15-16,19-23H2/t26-,27+,28-,29?,33-/m0/s1. The molecule has 5 atom stereocenters. The van der Waals surface area contributed by atoms with Crippen LogP contribution in [0.25, 0.3) is 0 Å². The van der Waals surface area contributed by atoms with E-state index in [0.717, 1.165) is 56.9 Å². The minimum absolute atomic E-state index is 0.0397. The Labute approximate surface area is 243 Å². The highest BCUT2D eigenvalue weighted by Gasteiger charge is 2.71. The van der Waals surface area contributed by atoms with Gasteiger partial charge in [0.05, 0.1) is 17.9 Å².